The van der Waals surface area contributed by atoms with Gasteiger partial charge in [-0.05, 0) is 40.7 Å². The van der Waals surface area contributed by atoms with Crippen molar-refractivity contribution in [3.8, 4) is 5.75 Å². The zero-order valence-electron chi connectivity index (χ0n) is 13.1. The second kappa shape index (κ2) is 8.13. The molecule has 1 heterocycles. The maximum absolute atomic E-state index is 5.89. The lowest BCUT2D eigenvalue weighted by Crippen LogP contribution is -2.42. The van der Waals surface area contributed by atoms with Crippen LogP contribution >= 0.6 is 15.9 Å². The maximum Gasteiger partial charge on any atom is 0.133 e. The minimum atomic E-state index is 0.151. The number of benzene rings is 1. The van der Waals surface area contributed by atoms with E-state index in [4.69, 9.17) is 9.47 Å². The topological polar surface area (TPSA) is 33.7 Å². The number of rotatable bonds is 6. The average molecular weight is 357 g/mol. The van der Waals surface area contributed by atoms with E-state index in [9.17, 15) is 0 Å². The molecule has 1 N–H and O–H groups in total. The Morgan fingerprint density at radius 1 is 1.48 bits per heavy atom. The van der Waals surface area contributed by atoms with Crippen molar-refractivity contribution < 1.29 is 9.47 Å². The molecule has 1 aliphatic heterocycles. The SMILES string of the molecule is CC(C)NCc1ccc(OCC2CN(C)CCO2)c(Br)c1. The number of halogens is 1. The van der Waals surface area contributed by atoms with Crippen molar-refractivity contribution in [3.05, 3.63) is 28.2 Å². The van der Waals surface area contributed by atoms with E-state index < -0.39 is 0 Å². The van der Waals surface area contributed by atoms with Gasteiger partial charge in [0.1, 0.15) is 18.5 Å². The van der Waals surface area contributed by atoms with Crippen LogP contribution < -0.4 is 10.1 Å². The number of hydrogen-bond donors (Lipinski definition) is 1. The highest BCUT2D eigenvalue weighted by Gasteiger charge is 2.18. The Bertz CT molecular complexity index is 454. The minimum Gasteiger partial charge on any atom is -0.490 e. The second-order valence-electron chi connectivity index (χ2n) is 5.87. The molecule has 1 fully saturated rings. The van der Waals surface area contributed by atoms with Gasteiger partial charge in [0.15, 0.2) is 0 Å². The van der Waals surface area contributed by atoms with Gasteiger partial charge < -0.3 is 19.7 Å². The van der Waals surface area contributed by atoms with E-state index in [1.165, 1.54) is 5.56 Å². The van der Waals surface area contributed by atoms with Crippen LogP contribution in [0.15, 0.2) is 22.7 Å². The third kappa shape index (κ3) is 5.58. The molecule has 1 atom stereocenters. The van der Waals surface area contributed by atoms with Crippen molar-refractivity contribution in [1.29, 1.82) is 0 Å². The van der Waals surface area contributed by atoms with E-state index in [0.29, 0.717) is 12.6 Å². The third-order valence-corrected chi connectivity index (χ3v) is 4.10. The molecule has 2 rings (SSSR count). The highest BCUT2D eigenvalue weighted by molar-refractivity contribution is 9.10. The van der Waals surface area contributed by atoms with E-state index >= 15 is 0 Å². The van der Waals surface area contributed by atoms with Gasteiger partial charge in [0.05, 0.1) is 11.1 Å². The van der Waals surface area contributed by atoms with Gasteiger partial charge in [-0.2, -0.15) is 0 Å². The molecule has 1 unspecified atom stereocenters. The predicted octanol–water partition coefficient (Wildman–Crippen LogP) is 2.66. The van der Waals surface area contributed by atoms with Gasteiger partial charge in [0.2, 0.25) is 0 Å². The summed E-state index contributed by atoms with van der Waals surface area (Å²) in [7, 11) is 2.11. The van der Waals surface area contributed by atoms with Crippen molar-refractivity contribution in [1.82, 2.24) is 10.2 Å². The highest BCUT2D eigenvalue weighted by atomic mass is 79.9. The van der Waals surface area contributed by atoms with Gasteiger partial charge in [-0.15, -0.1) is 0 Å². The lowest BCUT2D eigenvalue weighted by atomic mass is 10.2. The normalized spacial score (nSPS) is 20.0. The van der Waals surface area contributed by atoms with Gasteiger partial charge >= 0.3 is 0 Å². The van der Waals surface area contributed by atoms with Crippen LogP contribution in [0.5, 0.6) is 5.75 Å². The summed E-state index contributed by atoms with van der Waals surface area (Å²) < 4.78 is 12.6. The van der Waals surface area contributed by atoms with Crippen molar-refractivity contribution in [2.75, 3.05) is 33.4 Å². The molecule has 1 saturated heterocycles. The molecule has 0 saturated carbocycles. The Morgan fingerprint density at radius 2 is 2.29 bits per heavy atom. The largest absolute Gasteiger partial charge is 0.490 e. The van der Waals surface area contributed by atoms with E-state index in [1.54, 1.807) is 0 Å². The van der Waals surface area contributed by atoms with E-state index in [1.807, 2.05) is 6.07 Å². The zero-order chi connectivity index (χ0) is 15.2. The van der Waals surface area contributed by atoms with E-state index in [0.717, 1.165) is 36.5 Å². The standard InChI is InChI=1S/C16H25BrN2O2/c1-12(2)18-9-13-4-5-16(15(17)8-13)21-11-14-10-19(3)6-7-20-14/h4-5,8,12,14,18H,6-7,9-11H2,1-3H3. The molecule has 1 aromatic carbocycles. The van der Waals surface area contributed by atoms with Crippen molar-refractivity contribution in [2.24, 2.45) is 0 Å². The Kier molecular flexibility index (Phi) is 6.48. The third-order valence-electron chi connectivity index (χ3n) is 3.48. The molecule has 1 aliphatic rings. The van der Waals surface area contributed by atoms with Crippen LogP contribution in [-0.4, -0.2) is 50.4 Å². The average Bonchev–Trinajstić information content (AvgIpc) is 2.44. The summed E-state index contributed by atoms with van der Waals surface area (Å²) in [4.78, 5) is 2.27. The first kappa shape index (κ1) is 16.7. The fourth-order valence-corrected chi connectivity index (χ4v) is 2.78. The first-order valence-electron chi connectivity index (χ1n) is 7.49. The van der Waals surface area contributed by atoms with Crippen molar-refractivity contribution >= 4 is 15.9 Å². The molecule has 0 bridgehead atoms. The van der Waals surface area contributed by atoms with Crippen molar-refractivity contribution in [3.63, 3.8) is 0 Å². The van der Waals surface area contributed by atoms with Gasteiger partial charge in [0.25, 0.3) is 0 Å². The second-order valence-corrected chi connectivity index (χ2v) is 6.72. The Morgan fingerprint density at radius 3 is 2.95 bits per heavy atom. The van der Waals surface area contributed by atoms with Gasteiger partial charge in [-0.25, -0.2) is 0 Å². The fourth-order valence-electron chi connectivity index (χ4n) is 2.24. The fraction of sp³-hybridized carbons (Fsp3) is 0.625. The Balaban J connectivity index is 1.85. The maximum atomic E-state index is 5.89. The molecule has 21 heavy (non-hydrogen) atoms. The highest BCUT2D eigenvalue weighted by Crippen LogP contribution is 2.26. The molecule has 0 amide bonds. The monoisotopic (exact) mass is 356 g/mol. The molecule has 0 aromatic heterocycles. The molecule has 4 nitrogen and oxygen atoms in total. The Hall–Kier alpha value is -0.620. The first-order chi connectivity index (χ1) is 10.0. The minimum absolute atomic E-state index is 0.151. The zero-order valence-corrected chi connectivity index (χ0v) is 14.6. The smallest absolute Gasteiger partial charge is 0.133 e. The molecule has 0 spiro atoms. The number of morpholine rings is 1. The van der Waals surface area contributed by atoms with E-state index in [-0.39, 0.29) is 6.10 Å². The lowest BCUT2D eigenvalue weighted by Gasteiger charge is -2.29. The van der Waals surface area contributed by atoms with Gasteiger partial charge in [-0.1, -0.05) is 19.9 Å². The number of hydrogen-bond acceptors (Lipinski definition) is 4. The number of likely N-dealkylation sites (N-methyl/N-ethyl adjacent to an activating group) is 1. The molecular weight excluding hydrogens is 332 g/mol. The van der Waals surface area contributed by atoms with Gasteiger partial charge in [-0.3, -0.25) is 0 Å². The van der Waals surface area contributed by atoms with Crippen molar-refractivity contribution in [2.45, 2.75) is 32.5 Å². The molecule has 118 valence electrons. The number of ether oxygens (including phenoxy) is 2. The van der Waals surface area contributed by atoms with Crippen LogP contribution in [0.1, 0.15) is 19.4 Å². The van der Waals surface area contributed by atoms with Crippen LogP contribution in [-0.2, 0) is 11.3 Å². The summed E-state index contributed by atoms with van der Waals surface area (Å²) in [5.41, 5.74) is 1.25. The summed E-state index contributed by atoms with van der Waals surface area (Å²) in [6.07, 6.45) is 0.151. The number of nitrogens with one attached hydrogen (secondary N) is 1. The summed E-state index contributed by atoms with van der Waals surface area (Å²) in [5.74, 6) is 0.875. The Labute approximate surface area is 135 Å². The van der Waals surface area contributed by atoms with Crippen LogP contribution in [0.3, 0.4) is 0 Å². The molecular formula is C16H25BrN2O2. The lowest BCUT2D eigenvalue weighted by molar-refractivity contribution is -0.0404. The summed E-state index contributed by atoms with van der Waals surface area (Å²) in [6, 6.07) is 6.72. The molecule has 5 heteroatoms. The van der Waals surface area contributed by atoms with Gasteiger partial charge in [0, 0.05) is 25.7 Å². The summed E-state index contributed by atoms with van der Waals surface area (Å²) in [6.45, 7) is 8.46. The van der Waals surface area contributed by atoms with Crippen LogP contribution in [0, 0.1) is 0 Å². The van der Waals surface area contributed by atoms with E-state index in [2.05, 4.69) is 59.2 Å². The molecule has 1 aromatic rings. The van der Waals surface area contributed by atoms with Crippen LogP contribution in [0.2, 0.25) is 0 Å². The molecule has 0 radical (unpaired) electrons. The summed E-state index contributed by atoms with van der Waals surface area (Å²) >= 11 is 3.59. The molecule has 0 aliphatic carbocycles. The summed E-state index contributed by atoms with van der Waals surface area (Å²) in [5, 5.41) is 3.41. The first-order valence-corrected chi connectivity index (χ1v) is 8.28. The quantitative estimate of drug-likeness (QED) is 0.849. The predicted molar refractivity (Wildman–Crippen MR) is 88.8 cm³/mol. The van der Waals surface area contributed by atoms with Crippen LogP contribution in [0.4, 0.5) is 0 Å². The van der Waals surface area contributed by atoms with Crippen LogP contribution in [0.25, 0.3) is 0 Å². The number of nitrogens with zero attached hydrogens (tertiary/aromatic N) is 1.